The van der Waals surface area contributed by atoms with Gasteiger partial charge in [0.15, 0.2) is 5.82 Å². The van der Waals surface area contributed by atoms with Crippen molar-refractivity contribution in [1.82, 2.24) is 20.0 Å². The zero-order valence-electron chi connectivity index (χ0n) is 9.13. The number of pyridine rings is 1. The van der Waals surface area contributed by atoms with Crippen LogP contribution in [0.3, 0.4) is 0 Å². The number of aryl methyl sites for hydroxylation is 1. The molecule has 0 N–H and O–H groups in total. The lowest BCUT2D eigenvalue weighted by atomic mass is 10.3. The minimum Gasteiger partial charge on any atom is -0.236 e. The van der Waals surface area contributed by atoms with E-state index in [9.17, 15) is 0 Å². The maximum absolute atomic E-state index is 4.35. The molecule has 0 radical (unpaired) electrons. The number of aromatic nitrogens is 4. The molecule has 0 bridgehead atoms. The van der Waals surface area contributed by atoms with Crippen molar-refractivity contribution in [3.63, 3.8) is 0 Å². The maximum atomic E-state index is 4.35. The lowest BCUT2D eigenvalue weighted by Gasteiger charge is -2.05. The molecule has 0 saturated heterocycles. The van der Waals surface area contributed by atoms with Crippen LogP contribution in [0.5, 0.6) is 0 Å². The predicted molar refractivity (Wildman–Crippen MR) is 69.1 cm³/mol. The van der Waals surface area contributed by atoms with E-state index in [1.54, 1.807) is 10.9 Å². The van der Waals surface area contributed by atoms with Crippen molar-refractivity contribution in [1.29, 1.82) is 0 Å². The minimum absolute atomic E-state index is 0.763. The number of fused-ring (bicyclic) bond motifs is 1. The Labute approximate surface area is 106 Å². The fourth-order valence-electron chi connectivity index (χ4n) is 1.70. The van der Waals surface area contributed by atoms with Crippen molar-refractivity contribution in [2.24, 2.45) is 0 Å². The third-order valence-corrected chi connectivity index (χ3v) is 3.60. The van der Waals surface area contributed by atoms with E-state index in [0.29, 0.717) is 0 Å². The van der Waals surface area contributed by atoms with Gasteiger partial charge in [0, 0.05) is 6.20 Å². The first-order chi connectivity index (χ1) is 8.27. The molecule has 1 aromatic carbocycles. The quantitative estimate of drug-likeness (QED) is 0.692. The van der Waals surface area contributed by atoms with Gasteiger partial charge in [-0.05, 0) is 46.6 Å². The van der Waals surface area contributed by atoms with Crippen molar-refractivity contribution in [3.8, 4) is 5.82 Å². The second kappa shape index (κ2) is 3.92. The Balaban J connectivity index is 2.31. The number of hydrogen-bond acceptors (Lipinski definition) is 3. The molecule has 5 heteroatoms. The van der Waals surface area contributed by atoms with E-state index in [1.807, 2.05) is 37.3 Å². The van der Waals surface area contributed by atoms with Gasteiger partial charge in [0.25, 0.3) is 0 Å². The average Bonchev–Trinajstić information content (AvgIpc) is 2.77. The number of rotatable bonds is 1. The summed E-state index contributed by atoms with van der Waals surface area (Å²) in [5, 5.41) is 8.26. The fourth-order valence-corrected chi connectivity index (χ4v) is 2.10. The first kappa shape index (κ1) is 10.4. The Morgan fingerprint density at radius 3 is 2.88 bits per heavy atom. The largest absolute Gasteiger partial charge is 0.236 e. The fraction of sp³-hybridized carbons (Fsp3) is 0.0833. The summed E-state index contributed by atoms with van der Waals surface area (Å²) in [6.45, 7) is 2.02. The zero-order chi connectivity index (χ0) is 11.8. The van der Waals surface area contributed by atoms with E-state index >= 15 is 0 Å². The van der Waals surface area contributed by atoms with Gasteiger partial charge in [-0.3, -0.25) is 0 Å². The summed E-state index contributed by atoms with van der Waals surface area (Å²) in [4.78, 5) is 4.35. The van der Waals surface area contributed by atoms with Gasteiger partial charge in [-0.1, -0.05) is 17.3 Å². The SMILES string of the molecule is Cc1ccnc(-n2nnc3ccccc32)c1Br. The van der Waals surface area contributed by atoms with E-state index in [0.717, 1.165) is 26.9 Å². The molecule has 17 heavy (non-hydrogen) atoms. The van der Waals surface area contributed by atoms with Gasteiger partial charge in [-0.2, -0.15) is 4.68 Å². The molecule has 2 heterocycles. The van der Waals surface area contributed by atoms with Crippen LogP contribution in [0.2, 0.25) is 0 Å². The Morgan fingerprint density at radius 1 is 1.18 bits per heavy atom. The number of halogens is 1. The van der Waals surface area contributed by atoms with Crippen LogP contribution in [-0.4, -0.2) is 20.0 Å². The highest BCUT2D eigenvalue weighted by Gasteiger charge is 2.11. The van der Waals surface area contributed by atoms with Crippen LogP contribution < -0.4 is 0 Å². The van der Waals surface area contributed by atoms with Gasteiger partial charge in [0.1, 0.15) is 5.52 Å². The molecule has 84 valence electrons. The summed E-state index contributed by atoms with van der Waals surface area (Å²) < 4.78 is 2.68. The van der Waals surface area contributed by atoms with Crippen molar-refractivity contribution in [2.75, 3.05) is 0 Å². The van der Waals surface area contributed by atoms with Gasteiger partial charge in [-0.25, -0.2) is 4.98 Å². The smallest absolute Gasteiger partial charge is 0.170 e. The van der Waals surface area contributed by atoms with Gasteiger partial charge >= 0.3 is 0 Å². The van der Waals surface area contributed by atoms with E-state index in [1.165, 1.54) is 0 Å². The molecule has 0 fully saturated rings. The van der Waals surface area contributed by atoms with Crippen LogP contribution in [0.1, 0.15) is 5.56 Å². The maximum Gasteiger partial charge on any atom is 0.170 e. The van der Waals surface area contributed by atoms with Crippen LogP contribution in [0, 0.1) is 6.92 Å². The van der Waals surface area contributed by atoms with Crippen LogP contribution >= 0.6 is 15.9 Å². The molecule has 3 aromatic rings. The molecular formula is C12H9BrN4. The second-order valence-electron chi connectivity index (χ2n) is 3.76. The number of nitrogens with zero attached hydrogens (tertiary/aromatic N) is 4. The Morgan fingerprint density at radius 2 is 2.00 bits per heavy atom. The van der Waals surface area contributed by atoms with Crippen molar-refractivity contribution >= 4 is 27.0 Å². The normalized spacial score (nSPS) is 10.9. The summed E-state index contributed by atoms with van der Waals surface area (Å²) in [5.74, 6) is 0.763. The highest BCUT2D eigenvalue weighted by Crippen LogP contribution is 2.24. The van der Waals surface area contributed by atoms with Gasteiger partial charge < -0.3 is 0 Å². The molecule has 4 nitrogen and oxygen atoms in total. The molecule has 0 aliphatic carbocycles. The first-order valence-electron chi connectivity index (χ1n) is 5.19. The zero-order valence-corrected chi connectivity index (χ0v) is 10.7. The van der Waals surface area contributed by atoms with Gasteiger partial charge in [-0.15, -0.1) is 5.10 Å². The number of hydrogen-bond donors (Lipinski definition) is 0. The molecule has 0 aliphatic heterocycles. The Hall–Kier alpha value is -1.75. The molecule has 2 aromatic heterocycles. The van der Waals surface area contributed by atoms with E-state index in [-0.39, 0.29) is 0 Å². The highest BCUT2D eigenvalue weighted by atomic mass is 79.9. The highest BCUT2D eigenvalue weighted by molar-refractivity contribution is 9.10. The molecule has 3 rings (SSSR count). The third-order valence-electron chi connectivity index (χ3n) is 2.62. The Kier molecular flexibility index (Phi) is 2.40. The summed E-state index contributed by atoms with van der Waals surface area (Å²) in [6.07, 6.45) is 1.77. The summed E-state index contributed by atoms with van der Waals surface area (Å²) in [6, 6.07) is 9.77. The van der Waals surface area contributed by atoms with Crippen molar-refractivity contribution < 1.29 is 0 Å². The topological polar surface area (TPSA) is 43.6 Å². The van der Waals surface area contributed by atoms with E-state index in [2.05, 4.69) is 31.2 Å². The molecule has 0 amide bonds. The van der Waals surface area contributed by atoms with E-state index in [4.69, 9.17) is 0 Å². The summed E-state index contributed by atoms with van der Waals surface area (Å²) in [7, 11) is 0. The molecule has 0 atom stereocenters. The molecular weight excluding hydrogens is 280 g/mol. The molecule has 0 spiro atoms. The number of benzene rings is 1. The summed E-state index contributed by atoms with van der Waals surface area (Å²) >= 11 is 3.54. The van der Waals surface area contributed by atoms with Gasteiger partial charge in [0.05, 0.1) is 9.99 Å². The van der Waals surface area contributed by atoms with Crippen LogP contribution in [0.4, 0.5) is 0 Å². The lowest BCUT2D eigenvalue weighted by molar-refractivity contribution is 0.796. The van der Waals surface area contributed by atoms with E-state index < -0.39 is 0 Å². The van der Waals surface area contributed by atoms with Crippen molar-refractivity contribution in [3.05, 3.63) is 46.6 Å². The second-order valence-corrected chi connectivity index (χ2v) is 4.55. The van der Waals surface area contributed by atoms with Crippen molar-refractivity contribution in [2.45, 2.75) is 6.92 Å². The third kappa shape index (κ3) is 1.63. The predicted octanol–water partition coefficient (Wildman–Crippen LogP) is 2.89. The molecule has 0 unspecified atom stereocenters. The van der Waals surface area contributed by atoms with Gasteiger partial charge in [0.2, 0.25) is 0 Å². The molecule has 0 saturated carbocycles. The molecule has 0 aliphatic rings. The number of para-hydroxylation sites is 1. The van der Waals surface area contributed by atoms with Crippen LogP contribution in [-0.2, 0) is 0 Å². The minimum atomic E-state index is 0.763. The Bertz CT molecular complexity index is 690. The average molecular weight is 289 g/mol. The van der Waals surface area contributed by atoms with Crippen LogP contribution in [0.15, 0.2) is 41.0 Å². The first-order valence-corrected chi connectivity index (χ1v) is 5.98. The lowest BCUT2D eigenvalue weighted by Crippen LogP contribution is -2.01. The van der Waals surface area contributed by atoms with Crippen LogP contribution in [0.25, 0.3) is 16.9 Å². The summed E-state index contributed by atoms with van der Waals surface area (Å²) in [5.41, 5.74) is 2.93. The standard InChI is InChI=1S/C12H9BrN4/c1-8-6-7-14-12(11(8)13)17-10-5-3-2-4-9(10)15-16-17/h2-7H,1H3. The monoisotopic (exact) mass is 288 g/mol.